The van der Waals surface area contributed by atoms with Crippen LogP contribution in [0.15, 0.2) is 0 Å². The van der Waals surface area contributed by atoms with Crippen molar-refractivity contribution >= 4 is 21.9 Å². The van der Waals surface area contributed by atoms with E-state index in [1.807, 2.05) is 13.8 Å². The van der Waals surface area contributed by atoms with Crippen LogP contribution in [0.4, 0.5) is 0 Å². The van der Waals surface area contributed by atoms with Crippen molar-refractivity contribution in [1.29, 1.82) is 0 Å². The number of hydrogen-bond donors (Lipinski definition) is 0. The van der Waals surface area contributed by atoms with Gasteiger partial charge < -0.3 is 14.4 Å². The summed E-state index contributed by atoms with van der Waals surface area (Å²) in [4.78, 5) is 27.3. The minimum Gasteiger partial charge on any atom is -0.464 e. The number of unbranched alkanes of at least 4 members (excludes halogenated alkanes) is 2. The highest BCUT2D eigenvalue weighted by molar-refractivity contribution is 7.88. The summed E-state index contributed by atoms with van der Waals surface area (Å²) in [7, 11) is -3.49. The van der Waals surface area contributed by atoms with E-state index in [-0.39, 0.29) is 12.5 Å². The van der Waals surface area contributed by atoms with Crippen LogP contribution in [0.3, 0.4) is 0 Å². The normalized spacial score (nSPS) is 25.0. The van der Waals surface area contributed by atoms with Crippen molar-refractivity contribution in [3.63, 3.8) is 0 Å². The van der Waals surface area contributed by atoms with Gasteiger partial charge in [0, 0.05) is 13.2 Å². The van der Waals surface area contributed by atoms with Crippen LogP contribution >= 0.6 is 0 Å². The predicted molar refractivity (Wildman–Crippen MR) is 105 cm³/mol. The Kier molecular flexibility index (Phi) is 7.87. The van der Waals surface area contributed by atoms with Crippen LogP contribution in [-0.2, 0) is 29.1 Å². The molecule has 2 fully saturated rings. The molecule has 2 aliphatic heterocycles. The Morgan fingerprint density at radius 3 is 2.43 bits per heavy atom. The SMILES string of the molecule is CCCCOC(=O)C([C@@H](C)OCCCC)N1C[C@]2(CCCN2S(C)(=O)=O)C1=O. The molecule has 9 heteroatoms. The first kappa shape index (κ1) is 23.1. The number of β-lactam (4-membered cyclic amide) rings is 1. The van der Waals surface area contributed by atoms with Gasteiger partial charge in [-0.05, 0) is 32.6 Å². The van der Waals surface area contributed by atoms with Gasteiger partial charge in [-0.2, -0.15) is 4.31 Å². The zero-order chi connectivity index (χ0) is 20.9. The largest absolute Gasteiger partial charge is 0.464 e. The smallest absolute Gasteiger partial charge is 0.331 e. The fourth-order valence-electron chi connectivity index (χ4n) is 4.01. The van der Waals surface area contributed by atoms with E-state index in [1.54, 1.807) is 6.92 Å². The van der Waals surface area contributed by atoms with E-state index in [9.17, 15) is 18.0 Å². The molecule has 0 bridgehead atoms. The van der Waals surface area contributed by atoms with Crippen molar-refractivity contribution in [2.75, 3.05) is 32.6 Å². The number of carbonyl (C=O) groups is 2. The highest BCUT2D eigenvalue weighted by atomic mass is 32.2. The maximum Gasteiger partial charge on any atom is 0.331 e. The van der Waals surface area contributed by atoms with Crippen molar-refractivity contribution in [3.05, 3.63) is 0 Å². The van der Waals surface area contributed by atoms with E-state index in [0.717, 1.165) is 31.9 Å². The summed E-state index contributed by atoms with van der Waals surface area (Å²) in [6, 6.07) is -0.853. The molecule has 2 aliphatic rings. The molecular weight excluding hydrogens is 384 g/mol. The van der Waals surface area contributed by atoms with Crippen LogP contribution in [0.2, 0.25) is 0 Å². The standard InChI is InChI=1S/C19H34N2O6S/c1-5-7-12-26-15(3)16(17(22)27-13-8-6-2)20-14-19(18(20)23)10-9-11-21(19)28(4,24)25/h15-16H,5-14H2,1-4H3/t15-,16?,19-/m1/s1. The molecular formula is C19H34N2O6S. The number of hydrogen-bond acceptors (Lipinski definition) is 6. The van der Waals surface area contributed by atoms with Gasteiger partial charge in [0.05, 0.1) is 25.5 Å². The molecule has 3 atom stereocenters. The lowest BCUT2D eigenvalue weighted by atomic mass is 9.84. The van der Waals surface area contributed by atoms with Crippen molar-refractivity contribution in [2.45, 2.75) is 77.0 Å². The first-order valence-corrected chi connectivity index (χ1v) is 12.1. The lowest BCUT2D eigenvalue weighted by Crippen LogP contribution is -2.76. The number of nitrogens with zero attached hydrogens (tertiary/aromatic N) is 2. The number of amides is 1. The van der Waals surface area contributed by atoms with Gasteiger partial charge >= 0.3 is 5.97 Å². The monoisotopic (exact) mass is 418 g/mol. The quantitative estimate of drug-likeness (QED) is 0.287. The molecule has 1 amide bonds. The third-order valence-corrected chi connectivity index (χ3v) is 6.90. The van der Waals surface area contributed by atoms with Crippen molar-refractivity contribution in [1.82, 2.24) is 9.21 Å². The number of likely N-dealkylation sites (tertiary alicyclic amines) is 1. The summed E-state index contributed by atoms with van der Waals surface area (Å²) in [5.41, 5.74) is -1.04. The van der Waals surface area contributed by atoms with Crippen molar-refractivity contribution in [2.24, 2.45) is 0 Å². The molecule has 28 heavy (non-hydrogen) atoms. The van der Waals surface area contributed by atoms with Gasteiger partial charge in [0.25, 0.3) is 0 Å². The van der Waals surface area contributed by atoms with E-state index in [4.69, 9.17) is 9.47 Å². The maximum absolute atomic E-state index is 13.1. The lowest BCUT2D eigenvalue weighted by Gasteiger charge is -2.53. The molecule has 8 nitrogen and oxygen atoms in total. The van der Waals surface area contributed by atoms with Gasteiger partial charge in [-0.15, -0.1) is 0 Å². The first-order chi connectivity index (χ1) is 13.2. The Morgan fingerprint density at radius 1 is 1.21 bits per heavy atom. The highest BCUT2D eigenvalue weighted by Crippen LogP contribution is 2.42. The molecule has 1 unspecified atom stereocenters. The predicted octanol–water partition coefficient (Wildman–Crippen LogP) is 1.54. The molecule has 0 radical (unpaired) electrons. The summed E-state index contributed by atoms with van der Waals surface area (Å²) in [6.07, 6.45) is 5.21. The summed E-state index contributed by atoms with van der Waals surface area (Å²) in [5, 5.41) is 0. The Balaban J connectivity index is 2.15. The first-order valence-electron chi connectivity index (χ1n) is 10.3. The van der Waals surface area contributed by atoms with E-state index >= 15 is 0 Å². The van der Waals surface area contributed by atoms with E-state index in [2.05, 4.69) is 0 Å². The van der Waals surface area contributed by atoms with Crippen LogP contribution in [0.1, 0.15) is 59.3 Å². The zero-order valence-electron chi connectivity index (χ0n) is 17.5. The molecule has 1 spiro atoms. The Hall–Kier alpha value is -1.19. The highest BCUT2D eigenvalue weighted by Gasteiger charge is 2.63. The molecule has 2 rings (SSSR count). The molecule has 0 aromatic rings. The number of rotatable bonds is 11. The minimum atomic E-state index is -3.49. The fourth-order valence-corrected chi connectivity index (χ4v) is 5.33. The fraction of sp³-hybridized carbons (Fsp3) is 0.895. The summed E-state index contributed by atoms with van der Waals surface area (Å²) in [6.45, 7) is 7.16. The number of ether oxygens (including phenoxy) is 2. The molecule has 0 N–H and O–H groups in total. The van der Waals surface area contributed by atoms with Crippen molar-refractivity contribution < 1.29 is 27.5 Å². The summed E-state index contributed by atoms with van der Waals surface area (Å²) in [5.74, 6) is -0.802. The van der Waals surface area contributed by atoms with E-state index in [0.29, 0.717) is 32.6 Å². The summed E-state index contributed by atoms with van der Waals surface area (Å²) < 4.78 is 36.7. The van der Waals surface area contributed by atoms with Crippen LogP contribution in [0.5, 0.6) is 0 Å². The Bertz CT molecular complexity index is 667. The van der Waals surface area contributed by atoms with Crippen LogP contribution in [0, 0.1) is 0 Å². The number of esters is 1. The molecule has 0 aliphatic carbocycles. The molecule has 2 heterocycles. The third-order valence-electron chi connectivity index (χ3n) is 5.56. The Labute approximate surface area is 168 Å². The average Bonchev–Trinajstić information content (AvgIpc) is 3.09. The Morgan fingerprint density at radius 2 is 1.86 bits per heavy atom. The second-order valence-electron chi connectivity index (χ2n) is 7.80. The van der Waals surface area contributed by atoms with Gasteiger partial charge in [-0.25, -0.2) is 13.2 Å². The van der Waals surface area contributed by atoms with Crippen LogP contribution in [0.25, 0.3) is 0 Å². The summed E-state index contributed by atoms with van der Waals surface area (Å²) >= 11 is 0. The van der Waals surface area contributed by atoms with Gasteiger partial charge in [-0.1, -0.05) is 26.7 Å². The van der Waals surface area contributed by atoms with Gasteiger partial charge in [0.2, 0.25) is 15.9 Å². The molecule has 0 aromatic carbocycles. The molecule has 0 aromatic heterocycles. The number of carbonyl (C=O) groups excluding carboxylic acids is 2. The van der Waals surface area contributed by atoms with Gasteiger partial charge in [0.1, 0.15) is 5.54 Å². The van der Waals surface area contributed by atoms with Crippen molar-refractivity contribution in [3.8, 4) is 0 Å². The minimum absolute atomic E-state index is 0.202. The number of sulfonamides is 1. The van der Waals surface area contributed by atoms with E-state index < -0.39 is 33.7 Å². The third kappa shape index (κ3) is 4.68. The molecule has 162 valence electrons. The lowest BCUT2D eigenvalue weighted by molar-refractivity contribution is -0.178. The topological polar surface area (TPSA) is 93.2 Å². The molecule has 2 saturated heterocycles. The van der Waals surface area contributed by atoms with Crippen LogP contribution < -0.4 is 0 Å². The van der Waals surface area contributed by atoms with Gasteiger partial charge in [-0.3, -0.25) is 4.79 Å². The second-order valence-corrected chi connectivity index (χ2v) is 9.71. The average molecular weight is 419 g/mol. The molecule has 0 saturated carbocycles. The second kappa shape index (κ2) is 9.54. The van der Waals surface area contributed by atoms with Gasteiger partial charge in [0.15, 0.2) is 6.04 Å². The zero-order valence-corrected chi connectivity index (χ0v) is 18.3. The maximum atomic E-state index is 13.1. The van der Waals surface area contributed by atoms with E-state index in [1.165, 1.54) is 9.21 Å². The van der Waals surface area contributed by atoms with Crippen LogP contribution in [-0.4, -0.2) is 79.7 Å².